The van der Waals surface area contributed by atoms with Crippen molar-refractivity contribution in [3.63, 3.8) is 0 Å². The zero-order valence-electron chi connectivity index (χ0n) is 11.1. The Balaban J connectivity index is 0.000000220. The third-order valence-corrected chi connectivity index (χ3v) is 3.38. The maximum Gasteiger partial charge on any atom is 0.372 e. The Morgan fingerprint density at radius 1 is 1.27 bits per heavy atom. The van der Waals surface area contributed by atoms with Crippen LogP contribution in [0.1, 0.15) is 10.4 Å². The van der Waals surface area contributed by atoms with Crippen molar-refractivity contribution in [3.8, 4) is 0 Å². The lowest BCUT2D eigenvalue weighted by Crippen LogP contribution is -2.02. The summed E-state index contributed by atoms with van der Waals surface area (Å²) in [7, 11) is -3.33. The molecule has 0 atom stereocenters. The van der Waals surface area contributed by atoms with Gasteiger partial charge >= 0.3 is 5.97 Å². The van der Waals surface area contributed by atoms with Crippen LogP contribution in [0.4, 0.5) is 0 Å². The van der Waals surface area contributed by atoms with E-state index in [1.54, 1.807) is 12.1 Å². The summed E-state index contributed by atoms with van der Waals surface area (Å²) in [5.74, 6) is -0.813. The first-order valence-electron chi connectivity index (χ1n) is 5.54. The van der Waals surface area contributed by atoms with Gasteiger partial charge in [-0.1, -0.05) is 29.3 Å². The molecule has 1 N–H and O–H groups in total. The smallest absolute Gasteiger partial charge is 0.296 e. The molecule has 0 aliphatic carbocycles. The van der Waals surface area contributed by atoms with Crippen molar-refractivity contribution in [2.45, 2.75) is 5.16 Å². The fourth-order valence-electron chi connectivity index (χ4n) is 1.17. The molecular weight excluding hydrogens is 355 g/mol. The molecule has 7 nitrogen and oxygen atoms in total. The molecule has 0 radical (unpaired) electrons. The van der Waals surface area contributed by atoms with Crippen molar-refractivity contribution in [1.82, 2.24) is 9.97 Å². The quantitative estimate of drug-likeness (QED) is 0.377. The maximum atomic E-state index is 10.8. The highest BCUT2D eigenvalue weighted by atomic mass is 35.5. The van der Waals surface area contributed by atoms with Crippen LogP contribution < -0.4 is 0 Å². The molecule has 1 aromatic carbocycles. The summed E-state index contributed by atoms with van der Waals surface area (Å²) < 4.78 is 21.6. The lowest BCUT2D eigenvalue weighted by Gasteiger charge is -1.95. The minimum Gasteiger partial charge on any atom is -0.296 e. The number of rotatable bonds is 2. The molecule has 22 heavy (non-hydrogen) atoms. The third kappa shape index (κ3) is 5.94. The summed E-state index contributed by atoms with van der Waals surface area (Å²) >= 11 is 11.0. The van der Waals surface area contributed by atoms with Gasteiger partial charge in [0.25, 0.3) is 0 Å². The second-order valence-electron chi connectivity index (χ2n) is 3.82. The van der Waals surface area contributed by atoms with Crippen LogP contribution in [0.3, 0.4) is 0 Å². The van der Waals surface area contributed by atoms with Gasteiger partial charge in [-0.25, -0.2) is 23.2 Å². The largest absolute Gasteiger partial charge is 0.372 e. The van der Waals surface area contributed by atoms with E-state index in [-0.39, 0.29) is 15.9 Å². The predicted molar refractivity (Wildman–Crippen MR) is 79.6 cm³/mol. The number of benzene rings is 1. The third-order valence-electron chi connectivity index (χ3n) is 2.07. The Morgan fingerprint density at radius 3 is 2.41 bits per heavy atom. The molecule has 10 heteroatoms. The van der Waals surface area contributed by atoms with Crippen molar-refractivity contribution in [2.75, 3.05) is 6.26 Å². The molecule has 2 aromatic rings. The molecule has 0 saturated heterocycles. The molecule has 0 fully saturated rings. The van der Waals surface area contributed by atoms with Gasteiger partial charge in [0.1, 0.15) is 5.15 Å². The van der Waals surface area contributed by atoms with Crippen LogP contribution in [0.5, 0.6) is 0 Å². The number of nitrogens with zero attached hydrogens (tertiary/aromatic N) is 2. The van der Waals surface area contributed by atoms with Gasteiger partial charge in [-0.05, 0) is 24.3 Å². The first kappa shape index (κ1) is 18.3. The molecule has 0 spiro atoms. The van der Waals surface area contributed by atoms with Crippen LogP contribution in [-0.2, 0) is 14.7 Å². The molecule has 118 valence electrons. The van der Waals surface area contributed by atoms with Crippen molar-refractivity contribution >= 4 is 39.0 Å². The Morgan fingerprint density at radius 2 is 1.95 bits per heavy atom. The van der Waals surface area contributed by atoms with Crippen molar-refractivity contribution < 1.29 is 23.4 Å². The van der Waals surface area contributed by atoms with E-state index in [1.807, 2.05) is 0 Å². The van der Waals surface area contributed by atoms with E-state index in [2.05, 4.69) is 14.9 Å². The summed E-state index contributed by atoms with van der Waals surface area (Å²) in [6.45, 7) is 0. The fourth-order valence-corrected chi connectivity index (χ4v) is 2.06. The van der Waals surface area contributed by atoms with E-state index in [1.165, 1.54) is 24.4 Å². The zero-order chi connectivity index (χ0) is 16.8. The second kappa shape index (κ2) is 8.04. The van der Waals surface area contributed by atoms with E-state index < -0.39 is 15.8 Å². The number of hydrogen-bond donors (Lipinski definition) is 1. The van der Waals surface area contributed by atoms with Gasteiger partial charge in [0.2, 0.25) is 15.0 Å². The highest BCUT2D eigenvalue weighted by molar-refractivity contribution is 7.90. The monoisotopic (exact) mass is 364 g/mol. The normalized spacial score (nSPS) is 10.4. The molecule has 1 aromatic heterocycles. The minimum atomic E-state index is -3.33. The first-order chi connectivity index (χ1) is 10.2. The van der Waals surface area contributed by atoms with Crippen molar-refractivity contribution in [2.24, 2.45) is 0 Å². The van der Waals surface area contributed by atoms with Gasteiger partial charge in [0, 0.05) is 17.5 Å². The molecule has 1 heterocycles. The SMILES string of the molecule is CS(=O)(=O)c1nccc(Cl)n1.O=C(OO)c1cccc(Cl)c1. The van der Waals surface area contributed by atoms with Crippen LogP contribution in [0, 0.1) is 0 Å². The topological polar surface area (TPSA) is 106 Å². The van der Waals surface area contributed by atoms with Gasteiger partial charge in [-0.15, -0.1) is 0 Å². The van der Waals surface area contributed by atoms with Crippen molar-refractivity contribution in [1.29, 1.82) is 0 Å². The fraction of sp³-hybridized carbons (Fsp3) is 0.0833. The molecule has 2 rings (SSSR count). The average Bonchev–Trinajstić information content (AvgIpc) is 2.46. The van der Waals surface area contributed by atoms with Gasteiger partial charge in [-0.2, -0.15) is 5.26 Å². The molecular formula is C12H10Cl2N2O5S. The van der Waals surface area contributed by atoms with E-state index in [9.17, 15) is 13.2 Å². The standard InChI is InChI=1S/C7H5ClO3.C5H5ClN2O2S/c8-6-3-1-2-5(4-6)7(9)11-10;1-11(9,10)5-7-3-2-4(6)8-5/h1-4,10H;2-3H,1H3. The minimum absolute atomic E-state index is 0.125. The Kier molecular flexibility index (Phi) is 6.69. The summed E-state index contributed by atoms with van der Waals surface area (Å²) in [5, 5.41) is 8.29. The van der Waals surface area contributed by atoms with E-state index in [0.717, 1.165) is 6.26 Å². The van der Waals surface area contributed by atoms with Gasteiger partial charge in [-0.3, -0.25) is 4.89 Å². The summed E-state index contributed by atoms with van der Waals surface area (Å²) in [5.41, 5.74) is 0.222. The average molecular weight is 365 g/mol. The molecule has 0 bridgehead atoms. The Bertz CT molecular complexity index is 768. The highest BCUT2D eigenvalue weighted by Gasteiger charge is 2.09. The number of sulfone groups is 1. The summed E-state index contributed by atoms with van der Waals surface area (Å²) in [6, 6.07) is 7.52. The zero-order valence-corrected chi connectivity index (χ0v) is 13.4. The molecule has 0 unspecified atom stereocenters. The van der Waals surface area contributed by atoms with E-state index in [0.29, 0.717) is 5.02 Å². The number of halogens is 2. The van der Waals surface area contributed by atoms with Gasteiger partial charge in [0.15, 0.2) is 0 Å². The number of hydrogen-bond acceptors (Lipinski definition) is 7. The number of carbonyl (C=O) groups excluding carboxylic acids is 1. The predicted octanol–water partition coefficient (Wildman–Crippen LogP) is 2.50. The molecule has 0 aliphatic rings. The van der Waals surface area contributed by atoms with E-state index in [4.69, 9.17) is 28.5 Å². The summed E-state index contributed by atoms with van der Waals surface area (Å²) in [6.07, 6.45) is 2.32. The lowest BCUT2D eigenvalue weighted by atomic mass is 10.2. The van der Waals surface area contributed by atoms with Crippen LogP contribution in [0.25, 0.3) is 0 Å². The van der Waals surface area contributed by atoms with Gasteiger partial charge < -0.3 is 0 Å². The molecule has 0 saturated carbocycles. The van der Waals surface area contributed by atoms with Crippen LogP contribution in [0.15, 0.2) is 41.7 Å². The Hall–Kier alpha value is -1.74. The summed E-state index contributed by atoms with van der Waals surface area (Å²) in [4.78, 5) is 21.2. The van der Waals surface area contributed by atoms with Crippen LogP contribution in [-0.4, -0.2) is 35.9 Å². The second-order valence-corrected chi connectivity index (χ2v) is 6.56. The van der Waals surface area contributed by atoms with Crippen LogP contribution in [0.2, 0.25) is 10.2 Å². The molecule has 0 aliphatic heterocycles. The van der Waals surface area contributed by atoms with Gasteiger partial charge in [0.05, 0.1) is 5.56 Å². The number of carbonyl (C=O) groups is 1. The van der Waals surface area contributed by atoms with Crippen LogP contribution >= 0.6 is 23.2 Å². The van der Waals surface area contributed by atoms with Crippen molar-refractivity contribution in [3.05, 3.63) is 52.3 Å². The Labute approximate surface area is 136 Å². The highest BCUT2D eigenvalue weighted by Crippen LogP contribution is 2.10. The van der Waals surface area contributed by atoms with E-state index >= 15 is 0 Å². The first-order valence-corrected chi connectivity index (χ1v) is 8.18. The molecule has 0 amide bonds. The maximum absolute atomic E-state index is 10.8. The lowest BCUT2D eigenvalue weighted by molar-refractivity contribution is -0.182. The number of aromatic nitrogens is 2.